The first-order chi connectivity index (χ1) is 8.35. The number of hydrogen-bond donors (Lipinski definition) is 2. The minimum absolute atomic E-state index is 0.0556. The predicted octanol–water partition coefficient (Wildman–Crippen LogP) is 1.84. The average molecular weight is 274 g/mol. The number of nitro groups is 1. The lowest BCUT2D eigenvalue weighted by molar-refractivity contribution is -0.384. The highest BCUT2D eigenvalue weighted by atomic mass is 32.2. The van der Waals surface area contributed by atoms with Crippen molar-refractivity contribution in [1.29, 1.82) is 0 Å². The molecule has 0 saturated carbocycles. The quantitative estimate of drug-likeness (QED) is 0.467. The first kappa shape index (κ1) is 14.2. The third kappa shape index (κ3) is 3.88. The summed E-state index contributed by atoms with van der Waals surface area (Å²) >= 11 is 0. The topological polar surface area (TPSA) is 110 Å². The lowest BCUT2D eigenvalue weighted by atomic mass is 10.3. The molecule has 1 rings (SSSR count). The second-order valence-corrected chi connectivity index (χ2v) is 5.57. The van der Waals surface area contributed by atoms with Gasteiger partial charge in [-0.05, 0) is 12.5 Å². The maximum absolute atomic E-state index is 11.6. The molecule has 0 saturated heterocycles. The van der Waals surface area contributed by atoms with Gasteiger partial charge in [-0.3, -0.25) is 14.8 Å². The first-order valence-electron chi connectivity index (χ1n) is 5.33. The molecular weight excluding hydrogens is 260 g/mol. The number of nitro benzene ring substituents is 1. The second-order valence-electron chi connectivity index (χ2n) is 3.73. The molecule has 100 valence electrons. The van der Waals surface area contributed by atoms with Crippen molar-refractivity contribution in [1.82, 2.24) is 0 Å². The standard InChI is InChI=1S/C10H14N2O5S/c1-2-3-6-18(16,17)11-9-5-4-8(12(14)15)7-10(9)13/h4-5,7,11,13H,2-3,6H2,1H3. The van der Waals surface area contributed by atoms with E-state index in [1.54, 1.807) is 0 Å². The molecule has 0 aromatic heterocycles. The van der Waals surface area contributed by atoms with Crippen molar-refractivity contribution in [2.24, 2.45) is 0 Å². The number of nitrogens with one attached hydrogen (secondary N) is 1. The van der Waals surface area contributed by atoms with Gasteiger partial charge in [-0.15, -0.1) is 0 Å². The molecule has 0 atom stereocenters. The van der Waals surface area contributed by atoms with Crippen LogP contribution in [0.1, 0.15) is 19.8 Å². The van der Waals surface area contributed by atoms with E-state index in [1.807, 2.05) is 6.92 Å². The number of aromatic hydroxyl groups is 1. The highest BCUT2D eigenvalue weighted by molar-refractivity contribution is 7.92. The van der Waals surface area contributed by atoms with Crippen molar-refractivity contribution in [3.63, 3.8) is 0 Å². The molecule has 0 spiro atoms. The number of hydrogen-bond acceptors (Lipinski definition) is 5. The van der Waals surface area contributed by atoms with E-state index in [0.29, 0.717) is 6.42 Å². The van der Waals surface area contributed by atoms with Crippen LogP contribution in [0.4, 0.5) is 11.4 Å². The summed E-state index contributed by atoms with van der Waals surface area (Å²) in [5, 5.41) is 19.9. The minimum atomic E-state index is -3.53. The van der Waals surface area contributed by atoms with Gasteiger partial charge in [0.2, 0.25) is 10.0 Å². The van der Waals surface area contributed by atoms with E-state index in [4.69, 9.17) is 0 Å². The fourth-order valence-corrected chi connectivity index (χ4v) is 2.55. The van der Waals surface area contributed by atoms with Gasteiger partial charge in [0, 0.05) is 6.07 Å². The van der Waals surface area contributed by atoms with E-state index in [1.165, 1.54) is 0 Å². The summed E-state index contributed by atoms with van der Waals surface area (Å²) in [4.78, 5) is 9.78. The number of benzene rings is 1. The molecular formula is C10H14N2O5S. The number of anilines is 1. The van der Waals surface area contributed by atoms with E-state index < -0.39 is 20.7 Å². The van der Waals surface area contributed by atoms with Gasteiger partial charge in [-0.25, -0.2) is 8.42 Å². The second kappa shape index (κ2) is 5.67. The number of phenolic OH excluding ortho intramolecular Hbond substituents is 1. The Morgan fingerprint density at radius 2 is 2.11 bits per heavy atom. The van der Waals surface area contributed by atoms with Crippen LogP contribution in [0.25, 0.3) is 0 Å². The number of phenols is 1. The zero-order chi connectivity index (χ0) is 13.8. The van der Waals surface area contributed by atoms with Gasteiger partial charge in [-0.2, -0.15) is 0 Å². The summed E-state index contributed by atoms with van der Waals surface area (Å²) in [6.45, 7) is 1.86. The number of unbranched alkanes of at least 4 members (excludes halogenated alkanes) is 1. The molecule has 7 nitrogen and oxygen atoms in total. The molecule has 1 aromatic carbocycles. The summed E-state index contributed by atoms with van der Waals surface area (Å²) in [5.74, 6) is -0.524. The highest BCUT2D eigenvalue weighted by Gasteiger charge is 2.15. The number of non-ortho nitro benzene ring substituents is 1. The van der Waals surface area contributed by atoms with E-state index in [-0.39, 0.29) is 17.1 Å². The Kier molecular flexibility index (Phi) is 4.49. The fourth-order valence-electron chi connectivity index (χ4n) is 1.27. The average Bonchev–Trinajstić information content (AvgIpc) is 2.29. The van der Waals surface area contributed by atoms with E-state index in [0.717, 1.165) is 24.6 Å². The minimum Gasteiger partial charge on any atom is -0.505 e. The van der Waals surface area contributed by atoms with Crippen LogP contribution in [0.5, 0.6) is 5.75 Å². The summed E-state index contributed by atoms with van der Waals surface area (Å²) in [6, 6.07) is 3.19. The van der Waals surface area contributed by atoms with Gasteiger partial charge >= 0.3 is 0 Å². The Bertz CT molecular complexity index is 541. The Hall–Kier alpha value is -1.83. The third-order valence-electron chi connectivity index (χ3n) is 2.22. The smallest absolute Gasteiger partial charge is 0.273 e. The van der Waals surface area contributed by atoms with E-state index in [9.17, 15) is 23.6 Å². The van der Waals surface area contributed by atoms with Crippen LogP contribution >= 0.6 is 0 Å². The monoisotopic (exact) mass is 274 g/mol. The van der Waals surface area contributed by atoms with Gasteiger partial charge in [0.15, 0.2) is 0 Å². The Balaban J connectivity index is 2.89. The molecule has 0 bridgehead atoms. The zero-order valence-electron chi connectivity index (χ0n) is 9.79. The van der Waals surface area contributed by atoms with E-state index >= 15 is 0 Å². The first-order valence-corrected chi connectivity index (χ1v) is 6.99. The fraction of sp³-hybridized carbons (Fsp3) is 0.400. The number of nitrogens with zero attached hydrogens (tertiary/aromatic N) is 1. The normalized spacial score (nSPS) is 11.2. The van der Waals surface area contributed by atoms with Crippen LogP contribution < -0.4 is 4.72 Å². The lowest BCUT2D eigenvalue weighted by Crippen LogP contribution is -2.16. The van der Waals surface area contributed by atoms with Crippen molar-refractivity contribution in [2.75, 3.05) is 10.5 Å². The molecule has 0 fully saturated rings. The van der Waals surface area contributed by atoms with Crippen molar-refractivity contribution in [2.45, 2.75) is 19.8 Å². The SMILES string of the molecule is CCCCS(=O)(=O)Nc1ccc([N+](=O)[O-])cc1O. The zero-order valence-corrected chi connectivity index (χ0v) is 10.6. The molecule has 0 radical (unpaired) electrons. The molecule has 0 aliphatic heterocycles. The molecule has 0 aliphatic carbocycles. The molecule has 0 heterocycles. The van der Waals surface area contributed by atoms with Crippen molar-refractivity contribution in [3.05, 3.63) is 28.3 Å². The predicted molar refractivity (Wildman–Crippen MR) is 67.1 cm³/mol. The maximum atomic E-state index is 11.6. The van der Waals surface area contributed by atoms with Crippen molar-refractivity contribution in [3.8, 4) is 5.75 Å². The van der Waals surface area contributed by atoms with Gasteiger partial charge in [0.25, 0.3) is 5.69 Å². The van der Waals surface area contributed by atoms with Crippen LogP contribution in [0.2, 0.25) is 0 Å². The molecule has 2 N–H and O–H groups in total. The number of rotatable bonds is 6. The van der Waals surface area contributed by atoms with E-state index in [2.05, 4.69) is 4.72 Å². The van der Waals surface area contributed by atoms with Crippen LogP contribution in [-0.2, 0) is 10.0 Å². The molecule has 0 amide bonds. The largest absolute Gasteiger partial charge is 0.505 e. The van der Waals surface area contributed by atoms with Gasteiger partial charge < -0.3 is 5.11 Å². The lowest BCUT2D eigenvalue weighted by Gasteiger charge is -2.08. The highest BCUT2D eigenvalue weighted by Crippen LogP contribution is 2.28. The molecule has 1 aromatic rings. The molecule has 18 heavy (non-hydrogen) atoms. The third-order valence-corrected chi connectivity index (χ3v) is 3.58. The van der Waals surface area contributed by atoms with Crippen LogP contribution in [0.3, 0.4) is 0 Å². The van der Waals surface area contributed by atoms with Gasteiger partial charge in [0.05, 0.1) is 22.4 Å². The Labute approximate surface area is 105 Å². The Morgan fingerprint density at radius 1 is 1.44 bits per heavy atom. The summed E-state index contributed by atoms with van der Waals surface area (Å²) in [5.41, 5.74) is -0.360. The summed E-state index contributed by atoms with van der Waals surface area (Å²) < 4.78 is 25.3. The molecule has 0 aliphatic rings. The van der Waals surface area contributed by atoms with Crippen LogP contribution in [0.15, 0.2) is 18.2 Å². The summed E-state index contributed by atoms with van der Waals surface area (Å²) in [7, 11) is -3.53. The van der Waals surface area contributed by atoms with Gasteiger partial charge in [0.1, 0.15) is 5.75 Å². The van der Waals surface area contributed by atoms with Crippen LogP contribution in [0, 0.1) is 10.1 Å². The molecule has 0 unspecified atom stereocenters. The van der Waals surface area contributed by atoms with Gasteiger partial charge in [-0.1, -0.05) is 13.3 Å². The van der Waals surface area contributed by atoms with Crippen molar-refractivity contribution >= 4 is 21.4 Å². The van der Waals surface area contributed by atoms with Crippen molar-refractivity contribution < 1.29 is 18.4 Å². The molecule has 8 heteroatoms. The summed E-state index contributed by atoms with van der Waals surface area (Å²) in [6.07, 6.45) is 1.23. The number of sulfonamides is 1. The maximum Gasteiger partial charge on any atom is 0.273 e. The van der Waals surface area contributed by atoms with Crippen LogP contribution in [-0.4, -0.2) is 24.2 Å². The Morgan fingerprint density at radius 3 is 2.61 bits per heavy atom.